The lowest BCUT2D eigenvalue weighted by Crippen LogP contribution is -2.30. The summed E-state index contributed by atoms with van der Waals surface area (Å²) in [7, 11) is 0. The molecule has 0 aliphatic rings. The zero-order valence-electron chi connectivity index (χ0n) is 45.6. The highest BCUT2D eigenvalue weighted by Gasteiger charge is 2.19. The average molecular weight is 964 g/mol. The van der Waals surface area contributed by atoms with Crippen molar-refractivity contribution in [2.75, 3.05) is 13.2 Å². The quantitative estimate of drug-likeness (QED) is 0.0262. The Morgan fingerprint density at radius 1 is 0.304 bits per heavy atom. The Kier molecular flexibility index (Phi) is 54.8. The molecular formula is C63H110O6. The molecule has 0 bridgehead atoms. The summed E-state index contributed by atoms with van der Waals surface area (Å²) < 4.78 is 16.9. The van der Waals surface area contributed by atoms with E-state index in [1.807, 2.05) is 0 Å². The lowest BCUT2D eigenvalue weighted by Gasteiger charge is -2.18. The molecule has 0 aromatic heterocycles. The molecule has 6 nitrogen and oxygen atoms in total. The Bertz CT molecular complexity index is 1290. The van der Waals surface area contributed by atoms with Gasteiger partial charge in [-0.1, -0.05) is 235 Å². The molecule has 0 aromatic rings. The van der Waals surface area contributed by atoms with Crippen LogP contribution >= 0.6 is 0 Å². The van der Waals surface area contributed by atoms with Gasteiger partial charge in [0.25, 0.3) is 0 Å². The monoisotopic (exact) mass is 963 g/mol. The van der Waals surface area contributed by atoms with Crippen LogP contribution in [0.2, 0.25) is 0 Å². The van der Waals surface area contributed by atoms with Gasteiger partial charge in [-0.25, -0.2) is 0 Å². The molecule has 0 fully saturated rings. The number of ether oxygens (including phenoxy) is 3. The third kappa shape index (κ3) is 55.6. The molecule has 0 aliphatic carbocycles. The van der Waals surface area contributed by atoms with Gasteiger partial charge in [-0.2, -0.15) is 0 Å². The van der Waals surface area contributed by atoms with Crippen LogP contribution in [0.1, 0.15) is 290 Å². The Hall–Kier alpha value is -3.15. The van der Waals surface area contributed by atoms with Crippen molar-refractivity contribution in [3.05, 3.63) is 72.9 Å². The largest absolute Gasteiger partial charge is 0.462 e. The number of hydrogen-bond donors (Lipinski definition) is 0. The third-order valence-electron chi connectivity index (χ3n) is 12.7. The van der Waals surface area contributed by atoms with Gasteiger partial charge in [-0.15, -0.1) is 0 Å². The normalized spacial score (nSPS) is 12.6. The number of allylic oxidation sites excluding steroid dienone is 12. The molecular weight excluding hydrogens is 853 g/mol. The average Bonchev–Trinajstić information content (AvgIpc) is 3.35. The Morgan fingerprint density at radius 2 is 0.565 bits per heavy atom. The smallest absolute Gasteiger partial charge is 0.306 e. The highest BCUT2D eigenvalue weighted by atomic mass is 16.6. The van der Waals surface area contributed by atoms with Crippen molar-refractivity contribution in [2.24, 2.45) is 0 Å². The maximum Gasteiger partial charge on any atom is 0.306 e. The number of carbonyl (C=O) groups excluding carboxylic acids is 3. The second-order valence-corrected chi connectivity index (χ2v) is 19.5. The van der Waals surface area contributed by atoms with E-state index in [4.69, 9.17) is 14.2 Å². The fourth-order valence-corrected chi connectivity index (χ4v) is 8.25. The van der Waals surface area contributed by atoms with Gasteiger partial charge in [0.1, 0.15) is 13.2 Å². The van der Waals surface area contributed by atoms with Crippen molar-refractivity contribution in [3.8, 4) is 0 Å². The van der Waals surface area contributed by atoms with Gasteiger partial charge in [-0.05, 0) is 109 Å². The van der Waals surface area contributed by atoms with E-state index < -0.39 is 6.10 Å². The summed E-state index contributed by atoms with van der Waals surface area (Å²) in [5.74, 6) is -0.914. The maximum absolute atomic E-state index is 12.9. The van der Waals surface area contributed by atoms with Crippen LogP contribution in [0.15, 0.2) is 72.9 Å². The minimum absolute atomic E-state index is 0.0870. The van der Waals surface area contributed by atoms with Gasteiger partial charge >= 0.3 is 17.9 Å². The number of unbranched alkanes of at least 4 members (excludes halogenated alkanes) is 30. The van der Waals surface area contributed by atoms with Crippen LogP contribution in [0.3, 0.4) is 0 Å². The molecule has 1 unspecified atom stereocenters. The molecule has 1 atom stereocenters. The first-order chi connectivity index (χ1) is 34.0. The van der Waals surface area contributed by atoms with Gasteiger partial charge in [-0.3, -0.25) is 14.4 Å². The van der Waals surface area contributed by atoms with Crippen LogP contribution in [0.4, 0.5) is 0 Å². The Balaban J connectivity index is 4.38. The van der Waals surface area contributed by atoms with Crippen molar-refractivity contribution < 1.29 is 28.6 Å². The standard InChI is InChI=1S/C63H110O6/c1-4-7-10-13-16-19-22-25-27-29-31-33-35-38-41-44-47-50-53-56-62(65)68-59-60(58-67-61(64)55-52-49-46-43-40-37-24-21-18-15-12-9-6-3)69-63(66)57-54-51-48-45-42-39-36-34-32-30-28-26-23-20-17-14-11-8-5-2/h9,12,16,18-19,21,25-28,37,40,60H,4-8,10-11,13-15,17,20,22-24,29-36,38-39,41-59H2,1-3H3/b12-9-,19-16-,21-18-,27-25-,28-26-,40-37-. The third-order valence-corrected chi connectivity index (χ3v) is 12.7. The van der Waals surface area contributed by atoms with Gasteiger partial charge in [0.2, 0.25) is 0 Å². The van der Waals surface area contributed by atoms with E-state index in [9.17, 15) is 14.4 Å². The predicted octanol–water partition coefficient (Wildman–Crippen LogP) is 19.8. The first kappa shape index (κ1) is 65.8. The number of carbonyl (C=O) groups is 3. The molecule has 69 heavy (non-hydrogen) atoms. The Labute approximate surface area is 427 Å². The topological polar surface area (TPSA) is 78.9 Å². The molecule has 0 N–H and O–H groups in total. The molecule has 0 aliphatic heterocycles. The van der Waals surface area contributed by atoms with E-state index in [1.54, 1.807) is 0 Å². The lowest BCUT2D eigenvalue weighted by atomic mass is 10.1. The van der Waals surface area contributed by atoms with Crippen molar-refractivity contribution in [3.63, 3.8) is 0 Å². The molecule has 0 radical (unpaired) electrons. The summed E-state index contributed by atoms with van der Waals surface area (Å²) in [6.07, 6.45) is 73.2. The molecule has 0 heterocycles. The van der Waals surface area contributed by atoms with Crippen LogP contribution in [-0.4, -0.2) is 37.2 Å². The fourth-order valence-electron chi connectivity index (χ4n) is 8.25. The molecule has 398 valence electrons. The lowest BCUT2D eigenvalue weighted by molar-refractivity contribution is -0.167. The van der Waals surface area contributed by atoms with E-state index >= 15 is 0 Å². The van der Waals surface area contributed by atoms with Crippen molar-refractivity contribution in [1.29, 1.82) is 0 Å². The van der Waals surface area contributed by atoms with E-state index in [0.29, 0.717) is 19.3 Å². The molecule has 0 spiro atoms. The van der Waals surface area contributed by atoms with Crippen molar-refractivity contribution in [1.82, 2.24) is 0 Å². The van der Waals surface area contributed by atoms with Crippen LogP contribution in [0, 0.1) is 0 Å². The highest BCUT2D eigenvalue weighted by Crippen LogP contribution is 2.15. The minimum atomic E-state index is -0.790. The Morgan fingerprint density at radius 3 is 0.942 bits per heavy atom. The molecule has 0 amide bonds. The molecule has 0 saturated heterocycles. The number of esters is 3. The van der Waals surface area contributed by atoms with Crippen molar-refractivity contribution in [2.45, 2.75) is 297 Å². The number of rotatable bonds is 53. The molecule has 0 aromatic carbocycles. The van der Waals surface area contributed by atoms with Crippen LogP contribution in [0.25, 0.3) is 0 Å². The molecule has 0 saturated carbocycles. The van der Waals surface area contributed by atoms with Gasteiger partial charge < -0.3 is 14.2 Å². The van der Waals surface area contributed by atoms with Crippen LogP contribution in [-0.2, 0) is 28.6 Å². The zero-order valence-corrected chi connectivity index (χ0v) is 45.6. The maximum atomic E-state index is 12.9. The first-order valence-corrected chi connectivity index (χ1v) is 29.4. The summed E-state index contributed by atoms with van der Waals surface area (Å²) in [6.45, 7) is 6.49. The van der Waals surface area contributed by atoms with Gasteiger partial charge in [0, 0.05) is 19.3 Å². The van der Waals surface area contributed by atoms with E-state index in [2.05, 4.69) is 93.7 Å². The summed E-state index contributed by atoms with van der Waals surface area (Å²) in [4.78, 5) is 38.2. The second-order valence-electron chi connectivity index (χ2n) is 19.5. The number of hydrogen-bond acceptors (Lipinski definition) is 6. The van der Waals surface area contributed by atoms with E-state index in [-0.39, 0.29) is 31.1 Å². The summed E-state index contributed by atoms with van der Waals surface area (Å²) in [5.41, 5.74) is 0. The predicted molar refractivity (Wildman–Crippen MR) is 298 cm³/mol. The van der Waals surface area contributed by atoms with E-state index in [0.717, 1.165) is 89.9 Å². The zero-order chi connectivity index (χ0) is 50.0. The van der Waals surface area contributed by atoms with Crippen LogP contribution < -0.4 is 0 Å². The summed E-state index contributed by atoms with van der Waals surface area (Å²) in [5, 5.41) is 0. The SMILES string of the molecule is CC/C=C\C/C=C\C/C=C\CCCCCC(=O)OCC(COC(=O)CCCCCCCCCCC/C=C\C/C=C\CCCCC)OC(=O)CCCCCCCCCCC/C=C\CCCCCCCC. The molecule has 0 rings (SSSR count). The summed E-state index contributed by atoms with van der Waals surface area (Å²) >= 11 is 0. The molecule has 6 heteroatoms. The second kappa shape index (κ2) is 57.4. The van der Waals surface area contributed by atoms with E-state index in [1.165, 1.54) is 161 Å². The van der Waals surface area contributed by atoms with Crippen molar-refractivity contribution >= 4 is 17.9 Å². The highest BCUT2D eigenvalue weighted by molar-refractivity contribution is 5.71. The summed E-state index contributed by atoms with van der Waals surface area (Å²) in [6, 6.07) is 0. The van der Waals surface area contributed by atoms with Crippen LogP contribution in [0.5, 0.6) is 0 Å². The van der Waals surface area contributed by atoms with Gasteiger partial charge in [0.15, 0.2) is 6.10 Å². The first-order valence-electron chi connectivity index (χ1n) is 29.4. The fraction of sp³-hybridized carbons (Fsp3) is 0.762. The minimum Gasteiger partial charge on any atom is -0.462 e. The van der Waals surface area contributed by atoms with Gasteiger partial charge in [0.05, 0.1) is 0 Å².